The van der Waals surface area contributed by atoms with Gasteiger partial charge >= 0.3 is 0 Å². The first-order valence-electron chi connectivity index (χ1n) is 7.60. The summed E-state index contributed by atoms with van der Waals surface area (Å²) >= 11 is 1.41. The van der Waals surface area contributed by atoms with E-state index in [-0.39, 0.29) is 11.5 Å². The maximum atomic E-state index is 9.64. The van der Waals surface area contributed by atoms with Gasteiger partial charge in [0.2, 0.25) is 5.75 Å². The number of hydrogen-bond donors (Lipinski definition) is 3. The summed E-state index contributed by atoms with van der Waals surface area (Å²) in [5.41, 5.74) is 2.11. The van der Waals surface area contributed by atoms with Crippen LogP contribution in [0.1, 0.15) is 0 Å². The van der Waals surface area contributed by atoms with Crippen molar-refractivity contribution in [3.8, 4) is 40.0 Å². The number of benzene rings is 2. The van der Waals surface area contributed by atoms with Crippen LogP contribution in [0.2, 0.25) is 0 Å². The van der Waals surface area contributed by atoms with E-state index in [1.807, 2.05) is 5.38 Å². The highest BCUT2D eigenvalue weighted by molar-refractivity contribution is 7.14. The third kappa shape index (κ3) is 3.45. The van der Waals surface area contributed by atoms with Gasteiger partial charge in [0.1, 0.15) is 0 Å². The SMILES string of the molecule is COc1cc(Nc2nc(-c3ccc(O)c(O)c3)cs2)cc(OC)c1OC. The Balaban J connectivity index is 1.88. The number of hydrogen-bond acceptors (Lipinski definition) is 8. The third-order valence-corrected chi connectivity index (χ3v) is 4.45. The van der Waals surface area contributed by atoms with Crippen molar-refractivity contribution >= 4 is 22.2 Å². The van der Waals surface area contributed by atoms with Crippen molar-refractivity contribution in [2.75, 3.05) is 26.6 Å². The number of aromatic nitrogens is 1. The van der Waals surface area contributed by atoms with Gasteiger partial charge in [-0.25, -0.2) is 4.98 Å². The largest absolute Gasteiger partial charge is 0.504 e. The Morgan fingerprint density at radius 1 is 0.923 bits per heavy atom. The number of rotatable bonds is 6. The average molecular weight is 374 g/mol. The van der Waals surface area contributed by atoms with Crippen molar-refractivity contribution in [3.63, 3.8) is 0 Å². The summed E-state index contributed by atoms with van der Waals surface area (Å²) in [6.07, 6.45) is 0. The summed E-state index contributed by atoms with van der Waals surface area (Å²) in [7, 11) is 4.66. The van der Waals surface area contributed by atoms with Crippen LogP contribution in [-0.2, 0) is 0 Å². The van der Waals surface area contributed by atoms with Crippen molar-refractivity contribution in [2.45, 2.75) is 0 Å². The first-order valence-corrected chi connectivity index (χ1v) is 8.48. The van der Waals surface area contributed by atoms with E-state index in [0.29, 0.717) is 33.6 Å². The van der Waals surface area contributed by atoms with E-state index in [0.717, 1.165) is 5.69 Å². The molecule has 0 amide bonds. The number of phenols is 2. The van der Waals surface area contributed by atoms with Crippen molar-refractivity contribution < 1.29 is 24.4 Å². The van der Waals surface area contributed by atoms with Crippen LogP contribution in [-0.4, -0.2) is 36.5 Å². The molecular formula is C18H18N2O5S. The van der Waals surface area contributed by atoms with Gasteiger partial charge in [-0.15, -0.1) is 11.3 Å². The molecule has 136 valence electrons. The van der Waals surface area contributed by atoms with E-state index in [2.05, 4.69) is 10.3 Å². The summed E-state index contributed by atoms with van der Waals surface area (Å²) in [5.74, 6) is 1.23. The molecule has 0 saturated carbocycles. The van der Waals surface area contributed by atoms with Crippen LogP contribution in [0.4, 0.5) is 10.8 Å². The van der Waals surface area contributed by atoms with Gasteiger partial charge in [0.15, 0.2) is 28.1 Å². The molecule has 0 atom stereocenters. The summed E-state index contributed by atoms with van der Waals surface area (Å²) in [6, 6.07) is 8.15. The van der Waals surface area contributed by atoms with Crippen molar-refractivity contribution in [2.24, 2.45) is 0 Å². The quantitative estimate of drug-likeness (QED) is 0.562. The number of nitrogens with zero attached hydrogens (tertiary/aromatic N) is 1. The number of anilines is 2. The zero-order valence-electron chi connectivity index (χ0n) is 14.4. The Bertz CT molecular complexity index is 901. The number of ether oxygens (including phenoxy) is 3. The zero-order valence-corrected chi connectivity index (χ0v) is 15.3. The second-order valence-electron chi connectivity index (χ2n) is 5.28. The molecule has 0 aliphatic heterocycles. The number of thiazole rings is 1. The Morgan fingerprint density at radius 2 is 1.62 bits per heavy atom. The highest BCUT2D eigenvalue weighted by atomic mass is 32.1. The monoisotopic (exact) mass is 374 g/mol. The molecule has 8 heteroatoms. The molecule has 7 nitrogen and oxygen atoms in total. The molecule has 3 aromatic rings. The molecular weight excluding hydrogens is 356 g/mol. The molecule has 0 fully saturated rings. The second-order valence-corrected chi connectivity index (χ2v) is 6.14. The van der Waals surface area contributed by atoms with Crippen LogP contribution in [0.5, 0.6) is 28.7 Å². The Morgan fingerprint density at radius 3 is 2.19 bits per heavy atom. The molecule has 0 spiro atoms. The van der Waals surface area contributed by atoms with Gasteiger partial charge in [-0.1, -0.05) is 0 Å². The smallest absolute Gasteiger partial charge is 0.203 e. The van der Waals surface area contributed by atoms with Gasteiger partial charge < -0.3 is 29.7 Å². The van der Waals surface area contributed by atoms with E-state index in [4.69, 9.17) is 14.2 Å². The number of aromatic hydroxyl groups is 2. The van der Waals surface area contributed by atoms with Gasteiger partial charge in [-0.3, -0.25) is 0 Å². The third-order valence-electron chi connectivity index (χ3n) is 3.69. The fraction of sp³-hybridized carbons (Fsp3) is 0.167. The molecule has 0 unspecified atom stereocenters. The van der Waals surface area contributed by atoms with E-state index >= 15 is 0 Å². The summed E-state index contributed by atoms with van der Waals surface area (Å²) in [4.78, 5) is 4.50. The highest BCUT2D eigenvalue weighted by Gasteiger charge is 2.14. The fourth-order valence-corrected chi connectivity index (χ4v) is 3.16. The van der Waals surface area contributed by atoms with E-state index in [1.54, 1.807) is 39.5 Å². The minimum absolute atomic E-state index is 0.167. The lowest BCUT2D eigenvalue weighted by atomic mass is 10.1. The predicted molar refractivity (Wildman–Crippen MR) is 100 cm³/mol. The molecule has 1 heterocycles. The molecule has 1 aromatic heterocycles. The van der Waals surface area contributed by atoms with Crippen molar-refractivity contribution in [1.82, 2.24) is 4.98 Å². The van der Waals surface area contributed by atoms with Gasteiger partial charge in [0.25, 0.3) is 0 Å². The maximum absolute atomic E-state index is 9.64. The lowest BCUT2D eigenvalue weighted by molar-refractivity contribution is 0.324. The van der Waals surface area contributed by atoms with Gasteiger partial charge in [-0.2, -0.15) is 0 Å². The number of methoxy groups -OCH3 is 3. The first kappa shape index (κ1) is 17.7. The fourth-order valence-electron chi connectivity index (χ4n) is 2.42. The molecule has 3 N–H and O–H groups in total. The van der Waals surface area contributed by atoms with Crippen LogP contribution in [0.15, 0.2) is 35.7 Å². The summed E-state index contributed by atoms with van der Waals surface area (Å²) in [5, 5.41) is 24.8. The molecule has 0 aliphatic rings. The normalized spacial score (nSPS) is 10.4. The Kier molecular flexibility index (Phi) is 5.04. The Hall–Kier alpha value is -3.13. The standard InChI is InChI=1S/C18H18N2O5S/c1-23-15-7-11(8-16(24-2)17(15)25-3)19-18-20-12(9-26-18)10-4-5-13(21)14(22)6-10/h4-9,21-22H,1-3H3,(H,19,20). The Labute approximate surface area is 154 Å². The molecule has 3 rings (SSSR count). The average Bonchev–Trinajstić information content (AvgIpc) is 3.11. The first-order chi connectivity index (χ1) is 12.5. The topological polar surface area (TPSA) is 93.1 Å². The summed E-state index contributed by atoms with van der Waals surface area (Å²) < 4.78 is 16.0. The lowest BCUT2D eigenvalue weighted by Crippen LogP contribution is -1.97. The van der Waals surface area contributed by atoms with Gasteiger partial charge in [-0.05, 0) is 18.2 Å². The highest BCUT2D eigenvalue weighted by Crippen LogP contribution is 2.41. The zero-order chi connectivity index (χ0) is 18.7. The number of nitrogens with one attached hydrogen (secondary N) is 1. The number of phenolic OH excluding ortho intramolecular Hbond substituents is 2. The summed E-state index contributed by atoms with van der Waals surface area (Å²) in [6.45, 7) is 0. The van der Waals surface area contributed by atoms with Crippen LogP contribution < -0.4 is 19.5 Å². The minimum Gasteiger partial charge on any atom is -0.504 e. The van der Waals surface area contributed by atoms with E-state index in [9.17, 15) is 10.2 Å². The van der Waals surface area contributed by atoms with Crippen molar-refractivity contribution in [3.05, 3.63) is 35.7 Å². The molecule has 0 aliphatic carbocycles. The predicted octanol–water partition coefficient (Wildman–Crippen LogP) is 3.99. The lowest BCUT2D eigenvalue weighted by Gasteiger charge is -2.14. The van der Waals surface area contributed by atoms with E-state index in [1.165, 1.54) is 23.5 Å². The van der Waals surface area contributed by atoms with Gasteiger partial charge in [0, 0.05) is 28.8 Å². The molecule has 26 heavy (non-hydrogen) atoms. The maximum Gasteiger partial charge on any atom is 0.203 e. The van der Waals surface area contributed by atoms with Crippen molar-refractivity contribution in [1.29, 1.82) is 0 Å². The van der Waals surface area contributed by atoms with Crippen LogP contribution in [0.25, 0.3) is 11.3 Å². The van der Waals surface area contributed by atoms with Crippen LogP contribution in [0.3, 0.4) is 0 Å². The molecule has 0 radical (unpaired) electrons. The molecule has 0 bridgehead atoms. The van der Waals surface area contributed by atoms with Gasteiger partial charge in [0.05, 0.1) is 27.0 Å². The molecule has 0 saturated heterocycles. The van der Waals surface area contributed by atoms with Crippen LogP contribution in [0, 0.1) is 0 Å². The minimum atomic E-state index is -0.186. The van der Waals surface area contributed by atoms with E-state index < -0.39 is 0 Å². The second kappa shape index (κ2) is 7.40. The van der Waals surface area contributed by atoms with Crippen LogP contribution >= 0.6 is 11.3 Å². The molecule has 2 aromatic carbocycles.